The summed E-state index contributed by atoms with van der Waals surface area (Å²) in [4.78, 5) is 14.9. The molecule has 1 heterocycles. The second kappa shape index (κ2) is 8.01. The van der Waals surface area contributed by atoms with Crippen LogP contribution in [-0.2, 0) is 9.84 Å². The zero-order valence-corrected chi connectivity index (χ0v) is 15.8. The Bertz CT molecular complexity index is 1140. The van der Waals surface area contributed by atoms with Crippen molar-refractivity contribution in [3.8, 4) is 0 Å². The number of sulfone groups is 1. The normalized spacial score (nSPS) is 11.5. The van der Waals surface area contributed by atoms with Gasteiger partial charge in [0.25, 0.3) is 5.69 Å². The van der Waals surface area contributed by atoms with Crippen molar-refractivity contribution < 1.29 is 13.3 Å². The fourth-order valence-electron chi connectivity index (χ4n) is 2.53. The van der Waals surface area contributed by atoms with Crippen LogP contribution in [0.1, 0.15) is 11.3 Å². The van der Waals surface area contributed by atoms with Gasteiger partial charge in [-0.15, -0.1) is 0 Å². The second-order valence-corrected chi connectivity index (χ2v) is 8.06. The monoisotopic (exact) mass is 395 g/mol. The van der Waals surface area contributed by atoms with Gasteiger partial charge < -0.3 is 5.32 Å². The summed E-state index contributed by atoms with van der Waals surface area (Å²) < 4.78 is 23.3. The van der Waals surface area contributed by atoms with Crippen LogP contribution < -0.4 is 5.32 Å². The SMILES string of the molecule is CS(=O)(=O)c1ccc(Nc2cccc(C=Cc3ccccn3)c2)c([N+](=O)[O-])c1. The van der Waals surface area contributed by atoms with Crippen molar-refractivity contribution in [3.05, 3.63) is 88.2 Å². The lowest BCUT2D eigenvalue weighted by molar-refractivity contribution is -0.384. The standard InChI is InChI=1S/C20H17N3O4S/c1-28(26,27)18-10-11-19(20(14-18)23(24)25)22-17-7-4-5-15(13-17)8-9-16-6-2-3-12-21-16/h2-14,22H,1H3. The van der Waals surface area contributed by atoms with Gasteiger partial charge in [0.1, 0.15) is 5.69 Å². The molecule has 1 aromatic heterocycles. The lowest BCUT2D eigenvalue weighted by Crippen LogP contribution is -2.02. The number of hydrogen-bond acceptors (Lipinski definition) is 6. The summed E-state index contributed by atoms with van der Waals surface area (Å²) in [6.45, 7) is 0. The fraction of sp³-hybridized carbons (Fsp3) is 0.0500. The molecule has 142 valence electrons. The molecule has 0 saturated carbocycles. The molecule has 0 aliphatic rings. The van der Waals surface area contributed by atoms with E-state index < -0.39 is 14.8 Å². The molecule has 2 aromatic carbocycles. The zero-order valence-electron chi connectivity index (χ0n) is 14.9. The molecular weight excluding hydrogens is 378 g/mol. The first-order valence-electron chi connectivity index (χ1n) is 8.28. The molecule has 8 heteroatoms. The highest BCUT2D eigenvalue weighted by molar-refractivity contribution is 7.90. The first-order chi connectivity index (χ1) is 13.3. The molecule has 7 nitrogen and oxygen atoms in total. The van der Waals surface area contributed by atoms with Crippen LogP contribution in [0.4, 0.5) is 17.1 Å². The van der Waals surface area contributed by atoms with Gasteiger partial charge in [-0.2, -0.15) is 0 Å². The molecule has 0 unspecified atom stereocenters. The molecule has 0 atom stereocenters. The zero-order chi connectivity index (χ0) is 20.1. The first-order valence-corrected chi connectivity index (χ1v) is 10.2. The van der Waals surface area contributed by atoms with E-state index in [9.17, 15) is 18.5 Å². The van der Waals surface area contributed by atoms with Crippen molar-refractivity contribution in [1.29, 1.82) is 0 Å². The Kier molecular flexibility index (Phi) is 5.51. The number of aromatic nitrogens is 1. The van der Waals surface area contributed by atoms with Crippen LogP contribution in [0.2, 0.25) is 0 Å². The van der Waals surface area contributed by atoms with E-state index >= 15 is 0 Å². The lowest BCUT2D eigenvalue weighted by atomic mass is 10.1. The van der Waals surface area contributed by atoms with Crippen molar-refractivity contribution in [3.63, 3.8) is 0 Å². The van der Waals surface area contributed by atoms with Gasteiger partial charge in [-0.3, -0.25) is 15.1 Å². The van der Waals surface area contributed by atoms with Crippen molar-refractivity contribution in [2.45, 2.75) is 4.90 Å². The van der Waals surface area contributed by atoms with Crippen LogP contribution in [0, 0.1) is 10.1 Å². The number of benzene rings is 2. The van der Waals surface area contributed by atoms with Crippen LogP contribution >= 0.6 is 0 Å². The van der Waals surface area contributed by atoms with E-state index in [2.05, 4.69) is 10.3 Å². The maximum absolute atomic E-state index is 11.7. The predicted molar refractivity (Wildman–Crippen MR) is 109 cm³/mol. The summed E-state index contributed by atoms with van der Waals surface area (Å²) >= 11 is 0. The number of rotatable bonds is 6. The van der Waals surface area contributed by atoms with E-state index in [-0.39, 0.29) is 16.3 Å². The quantitative estimate of drug-likeness (QED) is 0.493. The molecule has 0 spiro atoms. The predicted octanol–water partition coefficient (Wildman–Crippen LogP) is 4.31. The van der Waals surface area contributed by atoms with Gasteiger partial charge in [0.05, 0.1) is 15.5 Å². The van der Waals surface area contributed by atoms with Gasteiger partial charge in [0, 0.05) is 24.2 Å². The van der Waals surface area contributed by atoms with Crippen LogP contribution in [-0.4, -0.2) is 24.6 Å². The summed E-state index contributed by atoms with van der Waals surface area (Å²) in [5, 5.41) is 14.4. The highest BCUT2D eigenvalue weighted by atomic mass is 32.2. The molecule has 0 aliphatic carbocycles. The maximum atomic E-state index is 11.7. The molecule has 0 aliphatic heterocycles. The molecule has 0 amide bonds. The highest BCUT2D eigenvalue weighted by Crippen LogP contribution is 2.30. The number of hydrogen-bond donors (Lipinski definition) is 1. The largest absolute Gasteiger partial charge is 0.350 e. The van der Waals surface area contributed by atoms with Crippen LogP contribution in [0.15, 0.2) is 71.8 Å². The molecule has 0 fully saturated rings. The van der Waals surface area contributed by atoms with Gasteiger partial charge in [0.2, 0.25) is 0 Å². The van der Waals surface area contributed by atoms with E-state index in [1.165, 1.54) is 12.1 Å². The molecule has 0 saturated heterocycles. The average molecular weight is 395 g/mol. The first kappa shape index (κ1) is 19.2. The van der Waals surface area contributed by atoms with E-state index in [4.69, 9.17) is 0 Å². The van der Waals surface area contributed by atoms with E-state index in [1.807, 2.05) is 48.6 Å². The van der Waals surface area contributed by atoms with Crippen LogP contribution in [0.25, 0.3) is 12.2 Å². The fourth-order valence-corrected chi connectivity index (χ4v) is 3.17. The molecule has 3 rings (SSSR count). The number of nitro benzene ring substituents is 1. The Morgan fingerprint density at radius 1 is 1.04 bits per heavy atom. The molecule has 1 N–H and O–H groups in total. The van der Waals surface area contributed by atoms with Crippen molar-refractivity contribution in [2.75, 3.05) is 11.6 Å². The van der Waals surface area contributed by atoms with Gasteiger partial charge in [-0.25, -0.2) is 8.42 Å². The third-order valence-electron chi connectivity index (χ3n) is 3.89. The highest BCUT2D eigenvalue weighted by Gasteiger charge is 2.18. The summed E-state index contributed by atoms with van der Waals surface area (Å²) in [5.41, 5.74) is 2.23. The third kappa shape index (κ3) is 4.80. The van der Waals surface area contributed by atoms with Crippen LogP contribution in [0.3, 0.4) is 0 Å². The van der Waals surface area contributed by atoms with Crippen LogP contribution in [0.5, 0.6) is 0 Å². The number of anilines is 2. The summed E-state index contributed by atoms with van der Waals surface area (Å²) in [6, 6.07) is 16.7. The van der Waals surface area contributed by atoms with E-state index in [0.29, 0.717) is 5.69 Å². The number of nitro groups is 1. The third-order valence-corrected chi connectivity index (χ3v) is 5.00. The van der Waals surface area contributed by atoms with Crippen molar-refractivity contribution >= 4 is 39.1 Å². The van der Waals surface area contributed by atoms with E-state index in [0.717, 1.165) is 23.6 Å². The minimum absolute atomic E-state index is 0.100. The summed E-state index contributed by atoms with van der Waals surface area (Å²) in [6.07, 6.45) is 6.46. The van der Waals surface area contributed by atoms with Gasteiger partial charge >= 0.3 is 0 Å². The summed E-state index contributed by atoms with van der Waals surface area (Å²) in [7, 11) is -3.54. The minimum atomic E-state index is -3.54. The van der Waals surface area contributed by atoms with Gasteiger partial charge in [-0.05, 0) is 48.0 Å². The number of nitrogens with one attached hydrogen (secondary N) is 1. The summed E-state index contributed by atoms with van der Waals surface area (Å²) in [5.74, 6) is 0. The number of pyridine rings is 1. The van der Waals surface area contributed by atoms with Crippen molar-refractivity contribution in [1.82, 2.24) is 4.98 Å². The Balaban J connectivity index is 1.88. The Morgan fingerprint density at radius 3 is 2.54 bits per heavy atom. The maximum Gasteiger partial charge on any atom is 0.293 e. The second-order valence-electron chi connectivity index (χ2n) is 6.05. The molecule has 28 heavy (non-hydrogen) atoms. The molecule has 0 bridgehead atoms. The average Bonchev–Trinajstić information content (AvgIpc) is 2.67. The van der Waals surface area contributed by atoms with Crippen molar-refractivity contribution in [2.24, 2.45) is 0 Å². The molecule has 0 radical (unpaired) electrons. The lowest BCUT2D eigenvalue weighted by Gasteiger charge is -2.09. The van der Waals surface area contributed by atoms with Gasteiger partial charge in [0.15, 0.2) is 9.84 Å². The molecular formula is C20H17N3O4S. The molecule has 3 aromatic rings. The minimum Gasteiger partial charge on any atom is -0.350 e. The topological polar surface area (TPSA) is 102 Å². The van der Waals surface area contributed by atoms with Gasteiger partial charge in [-0.1, -0.05) is 24.3 Å². The van der Waals surface area contributed by atoms with E-state index in [1.54, 1.807) is 12.3 Å². The Labute approximate surface area is 162 Å². The Hall–Kier alpha value is -3.52. The number of nitrogens with zero attached hydrogens (tertiary/aromatic N) is 2. The smallest absolute Gasteiger partial charge is 0.293 e. The Morgan fingerprint density at radius 2 is 1.86 bits per heavy atom.